The monoisotopic (exact) mass is 274 g/mol. The summed E-state index contributed by atoms with van der Waals surface area (Å²) >= 11 is 0. The van der Waals surface area contributed by atoms with Crippen LogP contribution in [0.25, 0.3) is 0 Å². The second kappa shape index (κ2) is 6.89. The summed E-state index contributed by atoms with van der Waals surface area (Å²) < 4.78 is 0. The lowest BCUT2D eigenvalue weighted by molar-refractivity contribution is -0.116. The van der Waals surface area contributed by atoms with E-state index in [1.807, 2.05) is 0 Å². The minimum Gasteiger partial charge on any atom is -0.326 e. The standard InChI is InChI=1S/C17H26N2O/c1-12(2)15-6-4-5-13(3)17(15)19-16(20)8-7-14-9-10-18-11-14/h4-6,12,14,18H,7-11H2,1-3H3,(H,19,20). The van der Waals surface area contributed by atoms with Crippen LogP contribution in [0.4, 0.5) is 5.69 Å². The zero-order valence-corrected chi connectivity index (χ0v) is 12.8. The van der Waals surface area contributed by atoms with E-state index in [0.29, 0.717) is 18.3 Å². The lowest BCUT2D eigenvalue weighted by Crippen LogP contribution is -2.16. The number of carbonyl (C=O) groups excluding carboxylic acids is 1. The van der Waals surface area contributed by atoms with Gasteiger partial charge in [0, 0.05) is 12.1 Å². The van der Waals surface area contributed by atoms with E-state index in [1.165, 1.54) is 12.0 Å². The normalized spacial score (nSPS) is 18.5. The second-order valence-electron chi connectivity index (χ2n) is 6.14. The van der Waals surface area contributed by atoms with Gasteiger partial charge in [-0.15, -0.1) is 0 Å². The van der Waals surface area contributed by atoms with Gasteiger partial charge < -0.3 is 10.6 Å². The predicted octanol–water partition coefficient (Wildman–Crippen LogP) is 3.45. The van der Waals surface area contributed by atoms with Crippen LogP contribution in [0.2, 0.25) is 0 Å². The number of amides is 1. The van der Waals surface area contributed by atoms with Crippen LogP contribution in [0.1, 0.15) is 50.2 Å². The van der Waals surface area contributed by atoms with E-state index in [9.17, 15) is 4.79 Å². The number of hydrogen-bond acceptors (Lipinski definition) is 2. The third-order valence-corrected chi connectivity index (χ3v) is 4.13. The van der Waals surface area contributed by atoms with Crippen LogP contribution in [-0.4, -0.2) is 19.0 Å². The third kappa shape index (κ3) is 3.83. The summed E-state index contributed by atoms with van der Waals surface area (Å²) in [5, 5.41) is 6.47. The van der Waals surface area contributed by atoms with Crippen molar-refractivity contribution >= 4 is 11.6 Å². The number of para-hydroxylation sites is 1. The SMILES string of the molecule is Cc1cccc(C(C)C)c1NC(=O)CCC1CCNC1. The van der Waals surface area contributed by atoms with Crippen LogP contribution >= 0.6 is 0 Å². The number of hydrogen-bond donors (Lipinski definition) is 2. The van der Waals surface area contributed by atoms with Crippen LogP contribution in [0, 0.1) is 12.8 Å². The number of carbonyl (C=O) groups is 1. The molecular formula is C17H26N2O. The summed E-state index contributed by atoms with van der Waals surface area (Å²) in [6, 6.07) is 6.22. The summed E-state index contributed by atoms with van der Waals surface area (Å²) in [5.41, 5.74) is 3.38. The molecule has 0 saturated carbocycles. The van der Waals surface area contributed by atoms with Gasteiger partial charge in [0.1, 0.15) is 0 Å². The largest absolute Gasteiger partial charge is 0.326 e. The molecular weight excluding hydrogens is 248 g/mol. The summed E-state index contributed by atoms with van der Waals surface area (Å²) in [4.78, 5) is 12.2. The van der Waals surface area contributed by atoms with Gasteiger partial charge >= 0.3 is 0 Å². The molecule has 0 spiro atoms. The van der Waals surface area contributed by atoms with E-state index in [0.717, 1.165) is 30.8 Å². The number of anilines is 1. The van der Waals surface area contributed by atoms with Gasteiger partial charge in [-0.05, 0) is 55.8 Å². The fourth-order valence-corrected chi connectivity index (χ4v) is 2.84. The summed E-state index contributed by atoms with van der Waals surface area (Å²) in [5.74, 6) is 1.24. The molecule has 3 nitrogen and oxygen atoms in total. The Morgan fingerprint density at radius 1 is 1.45 bits per heavy atom. The van der Waals surface area contributed by atoms with Crippen LogP contribution in [0.5, 0.6) is 0 Å². The first-order chi connectivity index (χ1) is 9.58. The molecule has 1 amide bonds. The van der Waals surface area contributed by atoms with E-state index in [2.05, 4.69) is 49.6 Å². The molecule has 1 fully saturated rings. The molecule has 0 bridgehead atoms. The van der Waals surface area contributed by atoms with Crippen LogP contribution in [-0.2, 0) is 4.79 Å². The minimum absolute atomic E-state index is 0.146. The molecule has 110 valence electrons. The Kier molecular flexibility index (Phi) is 5.18. The Labute approximate surface area is 122 Å². The average Bonchev–Trinajstić information content (AvgIpc) is 2.91. The molecule has 1 saturated heterocycles. The molecule has 3 heteroatoms. The van der Waals surface area contributed by atoms with Gasteiger partial charge in [0.2, 0.25) is 5.91 Å². The topological polar surface area (TPSA) is 41.1 Å². The molecule has 2 rings (SSSR count). The van der Waals surface area contributed by atoms with Crippen LogP contribution < -0.4 is 10.6 Å². The molecule has 0 aromatic heterocycles. The van der Waals surface area contributed by atoms with Crippen molar-refractivity contribution in [2.45, 2.75) is 46.0 Å². The lowest BCUT2D eigenvalue weighted by atomic mass is 9.97. The van der Waals surface area contributed by atoms with Crippen molar-refractivity contribution in [1.29, 1.82) is 0 Å². The van der Waals surface area contributed by atoms with E-state index in [1.54, 1.807) is 0 Å². The van der Waals surface area contributed by atoms with Crippen molar-refractivity contribution in [3.05, 3.63) is 29.3 Å². The highest BCUT2D eigenvalue weighted by Crippen LogP contribution is 2.27. The van der Waals surface area contributed by atoms with Gasteiger partial charge in [0.25, 0.3) is 0 Å². The first kappa shape index (κ1) is 15.0. The molecule has 1 aliphatic rings. The Hall–Kier alpha value is -1.35. The highest BCUT2D eigenvalue weighted by molar-refractivity contribution is 5.92. The maximum atomic E-state index is 12.2. The fraction of sp³-hybridized carbons (Fsp3) is 0.588. The Morgan fingerprint density at radius 2 is 2.25 bits per heavy atom. The number of benzene rings is 1. The lowest BCUT2D eigenvalue weighted by Gasteiger charge is -2.17. The Balaban J connectivity index is 1.96. The third-order valence-electron chi connectivity index (χ3n) is 4.13. The molecule has 0 aliphatic carbocycles. The highest BCUT2D eigenvalue weighted by Gasteiger charge is 2.17. The van der Waals surface area contributed by atoms with Gasteiger partial charge in [-0.1, -0.05) is 32.0 Å². The minimum atomic E-state index is 0.146. The molecule has 1 unspecified atom stereocenters. The van der Waals surface area contributed by atoms with Crippen molar-refractivity contribution < 1.29 is 4.79 Å². The Morgan fingerprint density at radius 3 is 2.90 bits per heavy atom. The number of aryl methyl sites for hydroxylation is 1. The van der Waals surface area contributed by atoms with Crippen molar-refractivity contribution in [2.75, 3.05) is 18.4 Å². The second-order valence-corrected chi connectivity index (χ2v) is 6.14. The molecule has 20 heavy (non-hydrogen) atoms. The molecule has 1 atom stereocenters. The number of rotatable bonds is 5. The molecule has 1 heterocycles. The maximum absolute atomic E-state index is 12.2. The van der Waals surface area contributed by atoms with Crippen molar-refractivity contribution in [3.8, 4) is 0 Å². The van der Waals surface area contributed by atoms with Crippen molar-refractivity contribution in [1.82, 2.24) is 5.32 Å². The van der Waals surface area contributed by atoms with Gasteiger partial charge in [0.15, 0.2) is 0 Å². The van der Waals surface area contributed by atoms with E-state index < -0.39 is 0 Å². The van der Waals surface area contributed by atoms with Gasteiger partial charge in [0.05, 0.1) is 0 Å². The zero-order valence-electron chi connectivity index (χ0n) is 12.8. The average molecular weight is 274 g/mol. The zero-order chi connectivity index (χ0) is 14.5. The van der Waals surface area contributed by atoms with E-state index in [-0.39, 0.29) is 5.91 Å². The molecule has 1 aromatic carbocycles. The summed E-state index contributed by atoms with van der Waals surface area (Å²) in [7, 11) is 0. The predicted molar refractivity (Wildman–Crippen MR) is 84.1 cm³/mol. The summed E-state index contributed by atoms with van der Waals surface area (Å²) in [6.45, 7) is 8.54. The molecule has 0 radical (unpaired) electrons. The fourth-order valence-electron chi connectivity index (χ4n) is 2.84. The summed E-state index contributed by atoms with van der Waals surface area (Å²) in [6.07, 6.45) is 2.81. The molecule has 1 aromatic rings. The van der Waals surface area contributed by atoms with Crippen molar-refractivity contribution in [3.63, 3.8) is 0 Å². The van der Waals surface area contributed by atoms with Crippen LogP contribution in [0.3, 0.4) is 0 Å². The number of nitrogens with one attached hydrogen (secondary N) is 2. The van der Waals surface area contributed by atoms with Gasteiger partial charge in [-0.25, -0.2) is 0 Å². The molecule has 1 aliphatic heterocycles. The van der Waals surface area contributed by atoms with E-state index in [4.69, 9.17) is 0 Å². The highest BCUT2D eigenvalue weighted by atomic mass is 16.1. The van der Waals surface area contributed by atoms with Crippen molar-refractivity contribution in [2.24, 2.45) is 5.92 Å². The van der Waals surface area contributed by atoms with Crippen LogP contribution in [0.15, 0.2) is 18.2 Å². The van der Waals surface area contributed by atoms with Gasteiger partial charge in [-0.2, -0.15) is 0 Å². The smallest absolute Gasteiger partial charge is 0.224 e. The Bertz CT molecular complexity index is 462. The first-order valence-electron chi connectivity index (χ1n) is 7.68. The maximum Gasteiger partial charge on any atom is 0.224 e. The quantitative estimate of drug-likeness (QED) is 0.863. The van der Waals surface area contributed by atoms with Gasteiger partial charge in [-0.3, -0.25) is 4.79 Å². The van der Waals surface area contributed by atoms with E-state index >= 15 is 0 Å². The molecule has 2 N–H and O–H groups in total. The first-order valence-corrected chi connectivity index (χ1v) is 7.68.